The molecule has 1 aromatic carbocycles. The van der Waals surface area contributed by atoms with Crippen molar-refractivity contribution in [2.45, 2.75) is 23.6 Å². The molecule has 1 aromatic heterocycles. The van der Waals surface area contributed by atoms with Gasteiger partial charge in [-0.05, 0) is 30.2 Å². The second-order valence-electron chi connectivity index (χ2n) is 7.28. The maximum Gasteiger partial charge on any atom is 0.227 e. The van der Waals surface area contributed by atoms with Crippen LogP contribution < -0.4 is 15.4 Å². The van der Waals surface area contributed by atoms with Gasteiger partial charge < -0.3 is 15.4 Å². The van der Waals surface area contributed by atoms with Crippen LogP contribution in [0.15, 0.2) is 40.3 Å². The molecular weight excluding hydrogens is 378 g/mol. The number of benzene rings is 1. The Balaban J connectivity index is 1.77. The Kier molecular flexibility index (Phi) is 6.04. The number of anilines is 2. The van der Waals surface area contributed by atoms with Crippen LogP contribution in [0.25, 0.3) is 0 Å². The molecule has 0 saturated carbocycles. The zero-order valence-corrected chi connectivity index (χ0v) is 17.3. The Morgan fingerprint density at radius 1 is 1.14 bits per heavy atom. The third-order valence-electron chi connectivity index (χ3n) is 4.71. The fourth-order valence-electron chi connectivity index (χ4n) is 3.26. The first-order valence-corrected chi connectivity index (χ1v) is 10.8. The van der Waals surface area contributed by atoms with E-state index in [2.05, 4.69) is 28.7 Å². The number of hydrogen-bond acceptors (Lipinski definition) is 8. The lowest BCUT2D eigenvalue weighted by Gasteiger charge is -2.35. The molecule has 0 aliphatic carbocycles. The lowest BCUT2D eigenvalue weighted by molar-refractivity contribution is 0.230. The summed E-state index contributed by atoms with van der Waals surface area (Å²) in [6, 6.07) is 6.15. The Morgan fingerprint density at radius 3 is 2.32 bits per heavy atom. The van der Waals surface area contributed by atoms with Gasteiger partial charge in [0.1, 0.15) is 16.5 Å². The minimum atomic E-state index is -3.80. The molecular formula is C19H27N5O3S. The molecule has 8 nitrogen and oxygen atoms in total. The van der Waals surface area contributed by atoms with Gasteiger partial charge in [-0.1, -0.05) is 13.8 Å². The highest BCUT2D eigenvalue weighted by Crippen LogP contribution is 2.27. The van der Waals surface area contributed by atoms with Crippen LogP contribution in [0, 0.1) is 5.92 Å². The number of ether oxygens (including phenoxy) is 1. The van der Waals surface area contributed by atoms with Gasteiger partial charge in [-0.3, -0.25) is 4.90 Å². The second kappa shape index (κ2) is 8.32. The van der Waals surface area contributed by atoms with Gasteiger partial charge in [0.05, 0.1) is 18.2 Å². The summed E-state index contributed by atoms with van der Waals surface area (Å²) in [6.45, 7) is 8.90. The first-order valence-electron chi connectivity index (χ1n) is 9.30. The summed E-state index contributed by atoms with van der Waals surface area (Å²) in [5, 5.41) is 0. The number of methoxy groups -OCH3 is 1. The summed E-state index contributed by atoms with van der Waals surface area (Å²) >= 11 is 0. The van der Waals surface area contributed by atoms with Gasteiger partial charge in [0, 0.05) is 32.7 Å². The van der Waals surface area contributed by atoms with Crippen LogP contribution >= 0.6 is 0 Å². The van der Waals surface area contributed by atoms with Crippen molar-refractivity contribution in [2.24, 2.45) is 5.92 Å². The molecule has 0 bridgehead atoms. The number of nitrogens with two attached hydrogens (primary N) is 1. The Labute approximate surface area is 166 Å². The molecule has 1 aliphatic heterocycles. The zero-order valence-electron chi connectivity index (χ0n) is 16.5. The Morgan fingerprint density at radius 2 is 1.79 bits per heavy atom. The Bertz CT molecular complexity index is 908. The molecule has 28 heavy (non-hydrogen) atoms. The SMILES string of the molecule is COc1ccc(S(=O)(=O)c2cnc(N3CCN(CC(C)C)CC3)nc2N)cc1. The molecule has 1 saturated heterocycles. The highest BCUT2D eigenvalue weighted by molar-refractivity contribution is 7.91. The fraction of sp³-hybridized carbons (Fsp3) is 0.474. The normalized spacial score (nSPS) is 15.8. The molecule has 2 heterocycles. The van der Waals surface area contributed by atoms with Crippen molar-refractivity contribution in [3.05, 3.63) is 30.5 Å². The molecule has 152 valence electrons. The largest absolute Gasteiger partial charge is 0.497 e. The molecule has 1 fully saturated rings. The van der Waals surface area contributed by atoms with E-state index in [0.29, 0.717) is 17.6 Å². The van der Waals surface area contributed by atoms with Gasteiger partial charge in [-0.15, -0.1) is 0 Å². The lowest BCUT2D eigenvalue weighted by atomic mass is 10.2. The van der Waals surface area contributed by atoms with E-state index in [1.165, 1.54) is 25.4 Å². The summed E-state index contributed by atoms with van der Waals surface area (Å²) in [7, 11) is -2.27. The number of rotatable bonds is 6. The van der Waals surface area contributed by atoms with Crippen molar-refractivity contribution in [3.8, 4) is 5.75 Å². The molecule has 3 rings (SSSR count). The number of nitrogens with zero attached hydrogens (tertiary/aromatic N) is 4. The van der Waals surface area contributed by atoms with E-state index in [9.17, 15) is 8.42 Å². The van der Waals surface area contributed by atoms with Gasteiger partial charge >= 0.3 is 0 Å². The van der Waals surface area contributed by atoms with E-state index in [1.54, 1.807) is 12.1 Å². The average molecular weight is 406 g/mol. The number of piperazine rings is 1. The summed E-state index contributed by atoms with van der Waals surface area (Å²) in [4.78, 5) is 13.1. The maximum atomic E-state index is 12.9. The summed E-state index contributed by atoms with van der Waals surface area (Å²) < 4.78 is 30.8. The summed E-state index contributed by atoms with van der Waals surface area (Å²) in [5.41, 5.74) is 6.01. The Hall–Kier alpha value is -2.39. The minimum Gasteiger partial charge on any atom is -0.497 e. The molecule has 0 spiro atoms. The van der Waals surface area contributed by atoms with Gasteiger partial charge in [0.15, 0.2) is 0 Å². The molecule has 2 aromatic rings. The van der Waals surface area contributed by atoms with Crippen LogP contribution in [0.1, 0.15) is 13.8 Å². The van der Waals surface area contributed by atoms with Crippen molar-refractivity contribution in [1.82, 2.24) is 14.9 Å². The summed E-state index contributed by atoms with van der Waals surface area (Å²) in [5.74, 6) is 1.64. The van der Waals surface area contributed by atoms with E-state index < -0.39 is 9.84 Å². The molecule has 0 amide bonds. The number of aromatic nitrogens is 2. The lowest BCUT2D eigenvalue weighted by Crippen LogP contribution is -2.48. The second-order valence-corrected chi connectivity index (χ2v) is 9.20. The molecule has 1 aliphatic rings. The van der Waals surface area contributed by atoms with Crippen LogP contribution in [0.2, 0.25) is 0 Å². The van der Waals surface area contributed by atoms with Crippen LogP contribution in [0.5, 0.6) is 5.75 Å². The fourth-order valence-corrected chi connectivity index (χ4v) is 4.52. The van der Waals surface area contributed by atoms with Crippen LogP contribution in [0.4, 0.5) is 11.8 Å². The standard InChI is InChI=1S/C19H27N5O3S/c1-14(2)13-23-8-10-24(11-9-23)19-21-12-17(18(20)22-19)28(25,26)16-6-4-15(27-3)5-7-16/h4-7,12,14H,8-11,13H2,1-3H3,(H2,20,21,22). The third kappa shape index (κ3) is 4.36. The monoisotopic (exact) mass is 405 g/mol. The third-order valence-corrected chi connectivity index (χ3v) is 6.49. The molecule has 0 unspecified atom stereocenters. The number of sulfone groups is 1. The number of hydrogen-bond donors (Lipinski definition) is 1. The van der Waals surface area contributed by atoms with Crippen molar-refractivity contribution in [3.63, 3.8) is 0 Å². The van der Waals surface area contributed by atoms with Gasteiger partial charge in [-0.25, -0.2) is 13.4 Å². The van der Waals surface area contributed by atoms with E-state index in [1.807, 2.05) is 4.90 Å². The zero-order chi connectivity index (χ0) is 20.3. The predicted octanol–water partition coefficient (Wildman–Crippen LogP) is 1.68. The predicted molar refractivity (Wildman–Crippen MR) is 108 cm³/mol. The van der Waals surface area contributed by atoms with Crippen LogP contribution in [-0.2, 0) is 9.84 Å². The quantitative estimate of drug-likeness (QED) is 0.774. The molecule has 2 N–H and O–H groups in total. The maximum absolute atomic E-state index is 12.9. The highest BCUT2D eigenvalue weighted by atomic mass is 32.2. The first-order chi connectivity index (χ1) is 13.3. The van der Waals surface area contributed by atoms with Crippen LogP contribution in [-0.4, -0.2) is 63.1 Å². The van der Waals surface area contributed by atoms with E-state index in [0.717, 1.165) is 32.7 Å². The summed E-state index contributed by atoms with van der Waals surface area (Å²) in [6.07, 6.45) is 1.30. The van der Waals surface area contributed by atoms with Crippen molar-refractivity contribution in [2.75, 3.05) is 50.5 Å². The van der Waals surface area contributed by atoms with E-state index in [-0.39, 0.29) is 15.6 Å². The topological polar surface area (TPSA) is 102 Å². The van der Waals surface area contributed by atoms with Gasteiger partial charge in [-0.2, -0.15) is 4.98 Å². The smallest absolute Gasteiger partial charge is 0.227 e. The van der Waals surface area contributed by atoms with Gasteiger partial charge in [0.25, 0.3) is 0 Å². The van der Waals surface area contributed by atoms with Gasteiger partial charge in [0.2, 0.25) is 15.8 Å². The van der Waals surface area contributed by atoms with Crippen molar-refractivity contribution in [1.29, 1.82) is 0 Å². The average Bonchev–Trinajstić information content (AvgIpc) is 2.68. The van der Waals surface area contributed by atoms with E-state index >= 15 is 0 Å². The molecule has 0 radical (unpaired) electrons. The molecule has 9 heteroatoms. The minimum absolute atomic E-state index is 0.0366. The molecule has 0 atom stereocenters. The first kappa shape index (κ1) is 20.3. The highest BCUT2D eigenvalue weighted by Gasteiger charge is 2.25. The van der Waals surface area contributed by atoms with E-state index in [4.69, 9.17) is 10.5 Å². The van der Waals surface area contributed by atoms with Crippen molar-refractivity contribution >= 4 is 21.6 Å². The van der Waals surface area contributed by atoms with Crippen LogP contribution in [0.3, 0.4) is 0 Å². The van der Waals surface area contributed by atoms with Crippen molar-refractivity contribution < 1.29 is 13.2 Å². The number of nitrogen functional groups attached to an aromatic ring is 1.